The zero-order chi connectivity index (χ0) is 12.3. The van der Waals surface area contributed by atoms with Gasteiger partial charge in [-0.1, -0.05) is 12.1 Å². The summed E-state index contributed by atoms with van der Waals surface area (Å²) in [5, 5.41) is 12.0. The van der Waals surface area contributed by atoms with E-state index in [0.29, 0.717) is 6.54 Å². The van der Waals surface area contributed by atoms with Gasteiger partial charge in [-0.25, -0.2) is 8.78 Å². The molecule has 0 aliphatic heterocycles. The van der Waals surface area contributed by atoms with Gasteiger partial charge in [0.05, 0.1) is 5.69 Å². The summed E-state index contributed by atoms with van der Waals surface area (Å²) in [5.41, 5.74) is 0.891. The number of aromatic hydroxyl groups is 1. The molecule has 2 aromatic carbocycles. The third kappa shape index (κ3) is 2.93. The van der Waals surface area contributed by atoms with Gasteiger partial charge in [0.15, 0.2) is 0 Å². The second-order valence-electron chi connectivity index (χ2n) is 3.65. The van der Waals surface area contributed by atoms with Gasteiger partial charge >= 0.3 is 0 Å². The van der Waals surface area contributed by atoms with Gasteiger partial charge < -0.3 is 10.4 Å². The molecule has 0 spiro atoms. The highest BCUT2D eigenvalue weighted by molar-refractivity contribution is 5.45. The largest absolute Gasteiger partial charge is 0.508 e. The van der Waals surface area contributed by atoms with Crippen molar-refractivity contribution in [2.45, 2.75) is 6.54 Å². The first-order chi connectivity index (χ1) is 8.15. The van der Waals surface area contributed by atoms with E-state index in [-0.39, 0.29) is 11.4 Å². The fraction of sp³-hybridized carbons (Fsp3) is 0.0769. The number of rotatable bonds is 3. The molecule has 0 amide bonds. The number of benzene rings is 2. The highest BCUT2D eigenvalue weighted by Gasteiger charge is 2.03. The van der Waals surface area contributed by atoms with Crippen LogP contribution in [0.1, 0.15) is 5.56 Å². The summed E-state index contributed by atoms with van der Waals surface area (Å²) >= 11 is 0. The molecule has 2 N–H and O–H groups in total. The molecule has 0 aromatic heterocycles. The van der Waals surface area contributed by atoms with Crippen molar-refractivity contribution in [3.63, 3.8) is 0 Å². The van der Waals surface area contributed by atoms with Gasteiger partial charge in [-0.15, -0.1) is 0 Å². The number of hydrogen-bond donors (Lipinski definition) is 2. The SMILES string of the molecule is Oc1cccc(CNc2cc(F)ccc2F)c1. The molecular weight excluding hydrogens is 224 g/mol. The minimum Gasteiger partial charge on any atom is -0.508 e. The fourth-order valence-corrected chi connectivity index (χ4v) is 1.50. The lowest BCUT2D eigenvalue weighted by molar-refractivity contribution is 0.474. The first-order valence-electron chi connectivity index (χ1n) is 5.12. The van der Waals surface area contributed by atoms with Crippen LogP contribution in [0.15, 0.2) is 42.5 Å². The Morgan fingerprint density at radius 2 is 1.88 bits per heavy atom. The lowest BCUT2D eigenvalue weighted by Crippen LogP contribution is -2.01. The monoisotopic (exact) mass is 235 g/mol. The summed E-state index contributed by atoms with van der Waals surface area (Å²) in [6.07, 6.45) is 0. The van der Waals surface area contributed by atoms with Crippen LogP contribution in [-0.4, -0.2) is 5.11 Å². The van der Waals surface area contributed by atoms with Crippen molar-refractivity contribution in [3.8, 4) is 5.75 Å². The number of halogens is 2. The van der Waals surface area contributed by atoms with Crippen LogP contribution in [0.5, 0.6) is 5.75 Å². The molecular formula is C13H11F2NO. The zero-order valence-electron chi connectivity index (χ0n) is 8.95. The van der Waals surface area contributed by atoms with Crippen molar-refractivity contribution in [2.75, 3.05) is 5.32 Å². The average molecular weight is 235 g/mol. The Kier molecular flexibility index (Phi) is 3.23. The molecule has 0 aliphatic carbocycles. The van der Waals surface area contributed by atoms with Crippen LogP contribution < -0.4 is 5.32 Å². The smallest absolute Gasteiger partial charge is 0.146 e. The summed E-state index contributed by atoms with van der Waals surface area (Å²) in [6.45, 7) is 0.314. The van der Waals surface area contributed by atoms with Crippen LogP contribution in [0.2, 0.25) is 0 Å². The maximum atomic E-state index is 13.3. The number of phenols is 1. The Balaban J connectivity index is 2.09. The molecule has 88 valence electrons. The van der Waals surface area contributed by atoms with Crippen molar-refractivity contribution in [3.05, 3.63) is 59.7 Å². The van der Waals surface area contributed by atoms with Crippen LogP contribution in [0.25, 0.3) is 0 Å². The van der Waals surface area contributed by atoms with Crippen LogP contribution in [0.4, 0.5) is 14.5 Å². The van der Waals surface area contributed by atoms with Crippen molar-refractivity contribution in [1.82, 2.24) is 0 Å². The molecule has 0 bridgehead atoms. The highest BCUT2D eigenvalue weighted by Crippen LogP contribution is 2.17. The second kappa shape index (κ2) is 4.82. The Morgan fingerprint density at radius 3 is 2.65 bits per heavy atom. The molecule has 0 atom stereocenters. The van der Waals surface area contributed by atoms with Crippen LogP contribution in [0, 0.1) is 11.6 Å². The van der Waals surface area contributed by atoms with Gasteiger partial charge in [-0.05, 0) is 35.9 Å². The molecule has 0 radical (unpaired) electrons. The lowest BCUT2D eigenvalue weighted by atomic mass is 10.2. The van der Waals surface area contributed by atoms with Crippen molar-refractivity contribution >= 4 is 5.69 Å². The van der Waals surface area contributed by atoms with Crippen molar-refractivity contribution < 1.29 is 13.9 Å². The molecule has 17 heavy (non-hydrogen) atoms. The van der Waals surface area contributed by atoms with Crippen LogP contribution >= 0.6 is 0 Å². The second-order valence-corrected chi connectivity index (χ2v) is 3.65. The number of hydrogen-bond acceptors (Lipinski definition) is 2. The maximum Gasteiger partial charge on any atom is 0.146 e. The molecule has 2 nitrogen and oxygen atoms in total. The van der Waals surface area contributed by atoms with E-state index in [1.54, 1.807) is 24.3 Å². The van der Waals surface area contributed by atoms with Gasteiger partial charge in [0, 0.05) is 6.54 Å². The van der Waals surface area contributed by atoms with Gasteiger partial charge in [0.25, 0.3) is 0 Å². The molecule has 0 saturated carbocycles. The first kappa shape index (κ1) is 11.4. The number of anilines is 1. The topological polar surface area (TPSA) is 32.3 Å². The van der Waals surface area contributed by atoms with E-state index in [2.05, 4.69) is 5.32 Å². The first-order valence-corrected chi connectivity index (χ1v) is 5.12. The van der Waals surface area contributed by atoms with Gasteiger partial charge in [-0.3, -0.25) is 0 Å². The molecule has 0 fully saturated rings. The van der Waals surface area contributed by atoms with Gasteiger partial charge in [-0.2, -0.15) is 0 Å². The Labute approximate surface area is 97.5 Å². The van der Waals surface area contributed by atoms with E-state index in [1.807, 2.05) is 0 Å². The Morgan fingerprint density at radius 1 is 1.06 bits per heavy atom. The van der Waals surface area contributed by atoms with E-state index < -0.39 is 11.6 Å². The molecule has 0 saturated heterocycles. The average Bonchev–Trinajstić information content (AvgIpc) is 2.30. The highest BCUT2D eigenvalue weighted by atomic mass is 19.1. The van der Waals surface area contributed by atoms with Gasteiger partial charge in [0.1, 0.15) is 17.4 Å². The lowest BCUT2D eigenvalue weighted by Gasteiger charge is -2.08. The third-order valence-corrected chi connectivity index (χ3v) is 2.32. The normalized spacial score (nSPS) is 10.2. The van der Waals surface area contributed by atoms with Crippen molar-refractivity contribution in [1.29, 1.82) is 0 Å². The van der Waals surface area contributed by atoms with Crippen LogP contribution in [-0.2, 0) is 6.54 Å². The van der Waals surface area contributed by atoms with Crippen molar-refractivity contribution in [2.24, 2.45) is 0 Å². The fourth-order valence-electron chi connectivity index (χ4n) is 1.50. The molecule has 0 unspecified atom stereocenters. The third-order valence-electron chi connectivity index (χ3n) is 2.32. The minimum absolute atomic E-state index is 0.105. The van der Waals surface area contributed by atoms with E-state index in [4.69, 9.17) is 0 Å². The quantitative estimate of drug-likeness (QED) is 0.855. The predicted molar refractivity (Wildman–Crippen MR) is 61.8 cm³/mol. The summed E-state index contributed by atoms with van der Waals surface area (Å²) in [5.74, 6) is -0.861. The molecule has 4 heteroatoms. The predicted octanol–water partition coefficient (Wildman–Crippen LogP) is 3.28. The van der Waals surface area contributed by atoms with Gasteiger partial charge in [0.2, 0.25) is 0 Å². The molecule has 0 aliphatic rings. The molecule has 2 aromatic rings. The summed E-state index contributed by atoms with van der Waals surface area (Å²) < 4.78 is 26.2. The van der Waals surface area contributed by atoms with E-state index in [9.17, 15) is 13.9 Å². The van der Waals surface area contributed by atoms with E-state index in [1.165, 1.54) is 0 Å². The Hall–Kier alpha value is -2.10. The van der Waals surface area contributed by atoms with Crippen LogP contribution in [0.3, 0.4) is 0 Å². The number of phenolic OH excluding ortho intramolecular Hbond substituents is 1. The van der Waals surface area contributed by atoms with E-state index in [0.717, 1.165) is 23.8 Å². The van der Waals surface area contributed by atoms with E-state index >= 15 is 0 Å². The summed E-state index contributed by atoms with van der Waals surface area (Å²) in [6, 6.07) is 9.81. The molecule has 0 heterocycles. The molecule has 2 rings (SSSR count). The standard InChI is InChI=1S/C13H11F2NO/c14-10-4-5-12(15)13(7-10)16-8-9-2-1-3-11(17)6-9/h1-7,16-17H,8H2. The Bertz CT molecular complexity index is 529. The summed E-state index contributed by atoms with van der Waals surface area (Å²) in [4.78, 5) is 0. The zero-order valence-corrected chi connectivity index (χ0v) is 8.95. The summed E-state index contributed by atoms with van der Waals surface area (Å²) in [7, 11) is 0. The number of nitrogens with one attached hydrogen (secondary N) is 1. The minimum atomic E-state index is -0.508. The maximum absolute atomic E-state index is 13.3.